The molecule has 0 spiro atoms. The van der Waals surface area contributed by atoms with Crippen LogP contribution < -0.4 is 4.72 Å². The number of H-pyrrole nitrogens is 1. The second-order valence-electron chi connectivity index (χ2n) is 7.48. The van der Waals surface area contributed by atoms with E-state index in [9.17, 15) is 18.3 Å². The standard InChI is InChI=1S/C22H24N2O5S/c1-2-29-22(26)15-4-6-16(7-5-15)24-30(27,28)17-8-10-21-19(12-17)18-11-14(13-25)3-9-20(18)23-21/h4-8,10,12,14,23-25H,2-3,9,11,13H2,1H3. The van der Waals surface area contributed by atoms with Crippen LogP contribution in [0.4, 0.5) is 5.69 Å². The molecule has 8 heteroatoms. The SMILES string of the molecule is CCOC(=O)c1ccc(NS(=O)(=O)c2ccc3[nH]c4c(c3c2)CC(CO)CC4)cc1. The molecular formula is C22H24N2O5S. The monoisotopic (exact) mass is 428 g/mol. The zero-order valence-electron chi connectivity index (χ0n) is 16.6. The molecule has 1 heterocycles. The smallest absolute Gasteiger partial charge is 0.338 e. The minimum atomic E-state index is -3.80. The Hall–Kier alpha value is -2.84. The zero-order valence-corrected chi connectivity index (χ0v) is 17.5. The van der Waals surface area contributed by atoms with Crippen molar-refractivity contribution < 1.29 is 23.1 Å². The first-order chi connectivity index (χ1) is 14.4. The van der Waals surface area contributed by atoms with Crippen molar-refractivity contribution in [2.45, 2.75) is 31.1 Å². The van der Waals surface area contributed by atoms with E-state index in [0.717, 1.165) is 41.4 Å². The molecule has 0 saturated carbocycles. The molecule has 0 aliphatic heterocycles. The molecule has 1 unspecified atom stereocenters. The number of aliphatic hydroxyl groups excluding tert-OH is 1. The quantitative estimate of drug-likeness (QED) is 0.522. The van der Waals surface area contributed by atoms with Crippen LogP contribution in [0.3, 0.4) is 0 Å². The van der Waals surface area contributed by atoms with Gasteiger partial charge in [-0.1, -0.05) is 0 Å². The Morgan fingerprint density at radius 3 is 2.70 bits per heavy atom. The van der Waals surface area contributed by atoms with Crippen molar-refractivity contribution in [2.75, 3.05) is 17.9 Å². The van der Waals surface area contributed by atoms with E-state index < -0.39 is 16.0 Å². The van der Waals surface area contributed by atoms with Crippen LogP contribution in [0.2, 0.25) is 0 Å². The van der Waals surface area contributed by atoms with E-state index in [4.69, 9.17) is 4.74 Å². The lowest BCUT2D eigenvalue weighted by molar-refractivity contribution is 0.0526. The Morgan fingerprint density at radius 2 is 2.00 bits per heavy atom. The number of benzene rings is 2. The summed E-state index contributed by atoms with van der Waals surface area (Å²) in [5, 5.41) is 10.4. The number of hydrogen-bond acceptors (Lipinski definition) is 5. The first kappa shape index (κ1) is 20.4. The topological polar surface area (TPSA) is 108 Å². The van der Waals surface area contributed by atoms with Crippen molar-refractivity contribution in [1.29, 1.82) is 0 Å². The molecule has 7 nitrogen and oxygen atoms in total. The third kappa shape index (κ3) is 3.93. The molecule has 1 aliphatic carbocycles. The maximum absolute atomic E-state index is 12.9. The van der Waals surface area contributed by atoms with Crippen LogP contribution in [0, 0.1) is 5.92 Å². The predicted octanol–water partition coefficient (Wildman–Crippen LogP) is 3.24. The maximum atomic E-state index is 12.9. The highest BCUT2D eigenvalue weighted by Crippen LogP contribution is 2.33. The van der Waals surface area contributed by atoms with Crippen LogP contribution in [0.25, 0.3) is 10.9 Å². The van der Waals surface area contributed by atoms with Crippen LogP contribution >= 0.6 is 0 Å². The maximum Gasteiger partial charge on any atom is 0.338 e. The number of aromatic nitrogens is 1. The number of carbonyl (C=O) groups is 1. The van der Waals surface area contributed by atoms with Crippen molar-refractivity contribution in [3.05, 3.63) is 59.3 Å². The normalized spacial score (nSPS) is 16.3. The molecule has 30 heavy (non-hydrogen) atoms. The van der Waals surface area contributed by atoms with E-state index >= 15 is 0 Å². The molecule has 1 atom stereocenters. The summed E-state index contributed by atoms with van der Waals surface area (Å²) in [6.45, 7) is 2.13. The van der Waals surface area contributed by atoms with Gasteiger partial charge in [0.1, 0.15) is 0 Å². The minimum Gasteiger partial charge on any atom is -0.462 e. The van der Waals surface area contributed by atoms with Gasteiger partial charge in [-0.3, -0.25) is 4.72 Å². The summed E-state index contributed by atoms with van der Waals surface area (Å²) in [5.74, 6) is -0.247. The number of sulfonamides is 1. The average molecular weight is 429 g/mol. The van der Waals surface area contributed by atoms with Crippen molar-refractivity contribution in [3.8, 4) is 0 Å². The fourth-order valence-electron chi connectivity index (χ4n) is 3.89. The lowest BCUT2D eigenvalue weighted by Gasteiger charge is -2.20. The molecule has 2 aromatic carbocycles. The summed E-state index contributed by atoms with van der Waals surface area (Å²) in [5.41, 5.74) is 3.83. The van der Waals surface area contributed by atoms with Crippen molar-refractivity contribution in [3.63, 3.8) is 0 Å². The fourth-order valence-corrected chi connectivity index (χ4v) is 4.98. The van der Waals surface area contributed by atoms with Gasteiger partial charge < -0.3 is 14.8 Å². The predicted molar refractivity (Wildman–Crippen MR) is 114 cm³/mol. The van der Waals surface area contributed by atoms with Gasteiger partial charge in [-0.15, -0.1) is 0 Å². The van der Waals surface area contributed by atoms with Gasteiger partial charge in [0.15, 0.2) is 0 Å². The third-order valence-corrected chi connectivity index (χ3v) is 6.86. The first-order valence-electron chi connectivity index (χ1n) is 9.95. The number of aliphatic hydroxyl groups is 1. The number of hydrogen-bond donors (Lipinski definition) is 3. The number of rotatable bonds is 6. The number of fused-ring (bicyclic) bond motifs is 3. The Bertz CT molecular complexity index is 1180. The van der Waals surface area contributed by atoms with E-state index in [0.29, 0.717) is 11.3 Å². The fraction of sp³-hybridized carbons (Fsp3) is 0.318. The molecule has 4 rings (SSSR count). The highest BCUT2D eigenvalue weighted by atomic mass is 32.2. The summed E-state index contributed by atoms with van der Waals surface area (Å²) in [6.07, 6.45) is 2.51. The molecule has 3 N–H and O–H groups in total. The lowest BCUT2D eigenvalue weighted by atomic mass is 9.87. The number of aromatic amines is 1. The molecule has 158 valence electrons. The number of carbonyl (C=O) groups excluding carboxylic acids is 1. The summed E-state index contributed by atoms with van der Waals surface area (Å²) in [6, 6.07) is 11.1. The van der Waals surface area contributed by atoms with Crippen LogP contribution in [0.5, 0.6) is 0 Å². The van der Waals surface area contributed by atoms with Gasteiger partial charge >= 0.3 is 5.97 Å². The van der Waals surface area contributed by atoms with Gasteiger partial charge in [0, 0.05) is 28.9 Å². The molecule has 0 fully saturated rings. The average Bonchev–Trinajstić information content (AvgIpc) is 3.11. The number of aryl methyl sites for hydroxylation is 1. The van der Waals surface area contributed by atoms with E-state index in [1.54, 1.807) is 25.1 Å². The third-order valence-electron chi connectivity index (χ3n) is 5.48. The van der Waals surface area contributed by atoms with Crippen LogP contribution in [0.1, 0.15) is 35.0 Å². The second kappa shape index (κ2) is 8.12. The summed E-state index contributed by atoms with van der Waals surface area (Å²) < 4.78 is 33.3. The van der Waals surface area contributed by atoms with Gasteiger partial charge in [-0.05, 0) is 80.1 Å². The van der Waals surface area contributed by atoms with Crippen LogP contribution in [-0.4, -0.2) is 37.7 Å². The molecule has 1 aromatic heterocycles. The first-order valence-corrected chi connectivity index (χ1v) is 11.4. The number of nitrogens with one attached hydrogen (secondary N) is 2. The molecule has 0 radical (unpaired) electrons. The number of anilines is 1. The van der Waals surface area contributed by atoms with Crippen molar-refractivity contribution in [1.82, 2.24) is 4.98 Å². The molecule has 0 saturated heterocycles. The summed E-state index contributed by atoms with van der Waals surface area (Å²) in [7, 11) is -3.80. The minimum absolute atomic E-state index is 0.132. The van der Waals surface area contributed by atoms with Gasteiger partial charge in [0.05, 0.1) is 17.1 Å². The molecule has 3 aromatic rings. The molecule has 0 bridgehead atoms. The van der Waals surface area contributed by atoms with E-state index in [1.165, 1.54) is 24.3 Å². The van der Waals surface area contributed by atoms with Crippen LogP contribution in [-0.2, 0) is 27.6 Å². The zero-order chi connectivity index (χ0) is 21.3. The van der Waals surface area contributed by atoms with Crippen molar-refractivity contribution in [2.24, 2.45) is 5.92 Å². The number of esters is 1. The van der Waals surface area contributed by atoms with Crippen LogP contribution in [0.15, 0.2) is 47.4 Å². The lowest BCUT2D eigenvalue weighted by Crippen LogP contribution is -2.16. The van der Waals surface area contributed by atoms with E-state index in [2.05, 4.69) is 9.71 Å². The Labute approximate surface area is 175 Å². The highest BCUT2D eigenvalue weighted by molar-refractivity contribution is 7.92. The largest absolute Gasteiger partial charge is 0.462 e. The summed E-state index contributed by atoms with van der Waals surface area (Å²) >= 11 is 0. The van der Waals surface area contributed by atoms with E-state index in [1.807, 2.05) is 0 Å². The van der Waals surface area contributed by atoms with Crippen molar-refractivity contribution >= 4 is 32.6 Å². The van der Waals surface area contributed by atoms with Gasteiger partial charge in [0.25, 0.3) is 10.0 Å². The molecule has 1 aliphatic rings. The molecular weight excluding hydrogens is 404 g/mol. The Morgan fingerprint density at radius 1 is 1.23 bits per heavy atom. The highest BCUT2D eigenvalue weighted by Gasteiger charge is 2.23. The van der Waals surface area contributed by atoms with Gasteiger partial charge in [-0.2, -0.15) is 0 Å². The number of ether oxygens (including phenoxy) is 1. The van der Waals surface area contributed by atoms with Gasteiger partial charge in [0.2, 0.25) is 0 Å². The molecule has 0 amide bonds. The Balaban J connectivity index is 1.60. The van der Waals surface area contributed by atoms with E-state index in [-0.39, 0.29) is 24.0 Å². The second-order valence-corrected chi connectivity index (χ2v) is 9.17. The van der Waals surface area contributed by atoms with Gasteiger partial charge in [-0.25, -0.2) is 13.2 Å². The Kier molecular flexibility index (Phi) is 5.53. The summed E-state index contributed by atoms with van der Waals surface area (Å²) in [4.78, 5) is 15.3.